The van der Waals surface area contributed by atoms with Gasteiger partial charge in [0, 0.05) is 17.7 Å². The van der Waals surface area contributed by atoms with Crippen LogP contribution >= 0.6 is 0 Å². The van der Waals surface area contributed by atoms with Gasteiger partial charge in [-0.15, -0.1) is 0 Å². The van der Waals surface area contributed by atoms with Crippen molar-refractivity contribution in [1.29, 1.82) is 5.26 Å². The summed E-state index contributed by atoms with van der Waals surface area (Å²) in [5.41, 5.74) is 2.66. The number of methoxy groups -OCH3 is 1. The molecule has 6 nitrogen and oxygen atoms in total. The van der Waals surface area contributed by atoms with E-state index in [1.807, 2.05) is 30.3 Å². The second-order valence-electron chi connectivity index (χ2n) is 8.48. The molecule has 0 aliphatic carbocycles. The van der Waals surface area contributed by atoms with E-state index in [-0.39, 0.29) is 30.1 Å². The minimum Gasteiger partial charge on any atom is -0.497 e. The molecule has 7 heteroatoms. The van der Waals surface area contributed by atoms with Crippen molar-refractivity contribution in [3.8, 4) is 17.6 Å². The minimum atomic E-state index is -0.590. The van der Waals surface area contributed by atoms with Crippen molar-refractivity contribution < 1.29 is 23.5 Å². The largest absolute Gasteiger partial charge is 0.497 e. The molecule has 0 fully saturated rings. The van der Waals surface area contributed by atoms with E-state index >= 15 is 0 Å². The molecule has 1 aliphatic rings. The van der Waals surface area contributed by atoms with Gasteiger partial charge in [-0.3, -0.25) is 14.5 Å². The number of halogens is 1. The SMILES string of the molecule is COc1ccc(CCN2C(=O)C(C#N)=C(C)/C(=C\c3ccc(OCc4ccccc4F)cc3)C2=O)cc1. The summed E-state index contributed by atoms with van der Waals surface area (Å²) in [6.45, 7) is 1.83. The zero-order valence-electron chi connectivity index (χ0n) is 20.5. The van der Waals surface area contributed by atoms with Crippen LogP contribution in [0.4, 0.5) is 4.39 Å². The van der Waals surface area contributed by atoms with Gasteiger partial charge in [0.1, 0.15) is 35.6 Å². The van der Waals surface area contributed by atoms with Gasteiger partial charge in [0.2, 0.25) is 0 Å². The number of amides is 2. The van der Waals surface area contributed by atoms with Crippen LogP contribution in [0.25, 0.3) is 6.08 Å². The van der Waals surface area contributed by atoms with Gasteiger partial charge < -0.3 is 9.47 Å². The van der Waals surface area contributed by atoms with Crippen molar-refractivity contribution in [2.45, 2.75) is 20.0 Å². The standard InChI is InChI=1S/C30H25FN2O4/c1-20-26(17-22-9-13-25(14-10-22)37-19-23-5-3-4-6-28(23)31)29(34)33(30(35)27(20)18-32)16-15-21-7-11-24(36-2)12-8-21/h3-14,17H,15-16,19H2,1-2H3/b26-17+. The summed E-state index contributed by atoms with van der Waals surface area (Å²) in [6, 6.07) is 22.7. The summed E-state index contributed by atoms with van der Waals surface area (Å²) >= 11 is 0. The van der Waals surface area contributed by atoms with Crippen LogP contribution < -0.4 is 9.47 Å². The second kappa shape index (κ2) is 11.4. The van der Waals surface area contributed by atoms with Gasteiger partial charge in [0.15, 0.2) is 0 Å². The molecule has 37 heavy (non-hydrogen) atoms. The molecule has 0 saturated carbocycles. The summed E-state index contributed by atoms with van der Waals surface area (Å²) in [4.78, 5) is 27.3. The summed E-state index contributed by atoms with van der Waals surface area (Å²) in [5.74, 6) is -0.113. The molecular weight excluding hydrogens is 471 g/mol. The fourth-order valence-electron chi connectivity index (χ4n) is 3.97. The lowest BCUT2D eigenvalue weighted by Gasteiger charge is -2.27. The van der Waals surface area contributed by atoms with Crippen molar-refractivity contribution in [2.75, 3.05) is 13.7 Å². The third kappa shape index (κ3) is 5.76. The third-order valence-corrected chi connectivity index (χ3v) is 6.15. The smallest absolute Gasteiger partial charge is 0.271 e. The maximum absolute atomic E-state index is 13.8. The van der Waals surface area contributed by atoms with Crippen molar-refractivity contribution in [3.63, 3.8) is 0 Å². The highest BCUT2D eigenvalue weighted by molar-refractivity contribution is 6.19. The number of nitriles is 1. The quantitative estimate of drug-likeness (QED) is 0.314. The molecule has 4 rings (SSSR count). The number of carbonyl (C=O) groups excluding carboxylic acids is 2. The zero-order chi connectivity index (χ0) is 26.4. The Hall–Kier alpha value is -4.70. The van der Waals surface area contributed by atoms with Gasteiger partial charge in [-0.25, -0.2) is 4.39 Å². The number of hydrogen-bond acceptors (Lipinski definition) is 5. The Bertz CT molecular complexity index is 1420. The first kappa shape index (κ1) is 25.4. The van der Waals surface area contributed by atoms with Gasteiger partial charge in [0.25, 0.3) is 11.8 Å². The maximum Gasteiger partial charge on any atom is 0.271 e. The fraction of sp³-hybridized carbons (Fsp3) is 0.167. The summed E-state index contributed by atoms with van der Waals surface area (Å²) in [5, 5.41) is 9.62. The molecule has 0 spiro atoms. The van der Waals surface area contributed by atoms with Crippen LogP contribution in [-0.2, 0) is 22.6 Å². The first-order chi connectivity index (χ1) is 17.9. The van der Waals surface area contributed by atoms with Crippen LogP contribution in [0.2, 0.25) is 0 Å². The van der Waals surface area contributed by atoms with Gasteiger partial charge in [0.05, 0.1) is 7.11 Å². The molecule has 0 N–H and O–H groups in total. The number of carbonyl (C=O) groups is 2. The Morgan fingerprint density at radius 1 is 0.946 bits per heavy atom. The predicted molar refractivity (Wildman–Crippen MR) is 137 cm³/mol. The first-order valence-electron chi connectivity index (χ1n) is 11.7. The normalized spacial score (nSPS) is 14.6. The first-order valence-corrected chi connectivity index (χ1v) is 11.7. The Morgan fingerprint density at radius 2 is 1.62 bits per heavy atom. The van der Waals surface area contributed by atoms with E-state index in [0.717, 1.165) is 10.5 Å². The van der Waals surface area contributed by atoms with Crippen LogP contribution in [0.5, 0.6) is 11.5 Å². The number of ether oxygens (including phenoxy) is 2. The third-order valence-electron chi connectivity index (χ3n) is 6.15. The molecule has 0 radical (unpaired) electrons. The van der Waals surface area contributed by atoms with E-state index in [9.17, 15) is 19.2 Å². The second-order valence-corrected chi connectivity index (χ2v) is 8.48. The molecule has 186 valence electrons. The molecule has 2 amide bonds. The molecule has 0 aromatic heterocycles. The van der Waals surface area contributed by atoms with E-state index in [4.69, 9.17) is 9.47 Å². The Labute approximate surface area is 214 Å². The van der Waals surface area contributed by atoms with Crippen molar-refractivity contribution in [3.05, 3.63) is 112 Å². The number of benzene rings is 3. The van der Waals surface area contributed by atoms with Crippen LogP contribution in [0.3, 0.4) is 0 Å². The van der Waals surface area contributed by atoms with E-state index in [1.54, 1.807) is 62.6 Å². The summed E-state index contributed by atoms with van der Waals surface area (Å²) in [6.07, 6.45) is 2.10. The van der Waals surface area contributed by atoms with Crippen molar-refractivity contribution in [2.24, 2.45) is 0 Å². The summed E-state index contributed by atoms with van der Waals surface area (Å²) < 4.78 is 24.6. The average molecular weight is 497 g/mol. The lowest BCUT2D eigenvalue weighted by Crippen LogP contribution is -2.43. The van der Waals surface area contributed by atoms with E-state index in [0.29, 0.717) is 34.6 Å². The highest BCUT2D eigenvalue weighted by Gasteiger charge is 2.35. The topological polar surface area (TPSA) is 79.6 Å². The predicted octanol–water partition coefficient (Wildman–Crippen LogP) is 5.25. The van der Waals surface area contributed by atoms with Crippen LogP contribution in [0, 0.1) is 17.1 Å². The zero-order valence-corrected chi connectivity index (χ0v) is 20.5. The Morgan fingerprint density at radius 3 is 2.27 bits per heavy atom. The lowest BCUT2D eigenvalue weighted by molar-refractivity contribution is -0.140. The van der Waals surface area contributed by atoms with Crippen LogP contribution in [0.15, 0.2) is 89.5 Å². The van der Waals surface area contributed by atoms with Gasteiger partial charge in [-0.05, 0) is 66.5 Å². The fourth-order valence-corrected chi connectivity index (χ4v) is 3.97. The van der Waals surface area contributed by atoms with E-state index < -0.39 is 11.8 Å². The van der Waals surface area contributed by atoms with Crippen molar-refractivity contribution in [1.82, 2.24) is 4.90 Å². The number of imide groups is 1. The highest BCUT2D eigenvalue weighted by atomic mass is 19.1. The monoisotopic (exact) mass is 496 g/mol. The molecule has 0 bridgehead atoms. The molecule has 0 atom stereocenters. The minimum absolute atomic E-state index is 0.0505. The molecule has 1 heterocycles. The van der Waals surface area contributed by atoms with Crippen LogP contribution in [-0.4, -0.2) is 30.4 Å². The van der Waals surface area contributed by atoms with E-state index in [2.05, 4.69) is 0 Å². The molecule has 3 aromatic rings. The lowest BCUT2D eigenvalue weighted by atomic mass is 9.93. The molecular formula is C30H25FN2O4. The van der Waals surface area contributed by atoms with Gasteiger partial charge >= 0.3 is 0 Å². The van der Waals surface area contributed by atoms with Gasteiger partial charge in [-0.2, -0.15) is 5.26 Å². The molecule has 0 unspecified atom stereocenters. The Balaban J connectivity index is 1.51. The molecule has 3 aromatic carbocycles. The molecule has 1 aliphatic heterocycles. The highest BCUT2D eigenvalue weighted by Crippen LogP contribution is 2.28. The maximum atomic E-state index is 13.8. The van der Waals surface area contributed by atoms with Gasteiger partial charge in [-0.1, -0.05) is 42.5 Å². The Kier molecular flexibility index (Phi) is 7.80. The van der Waals surface area contributed by atoms with Crippen molar-refractivity contribution >= 4 is 17.9 Å². The van der Waals surface area contributed by atoms with Crippen LogP contribution in [0.1, 0.15) is 23.6 Å². The number of nitrogens with zero attached hydrogens (tertiary/aromatic N) is 2. The molecule has 0 saturated heterocycles. The number of rotatable bonds is 8. The number of hydrogen-bond donors (Lipinski definition) is 0. The average Bonchev–Trinajstić information content (AvgIpc) is 2.92. The van der Waals surface area contributed by atoms with E-state index in [1.165, 1.54) is 6.07 Å². The summed E-state index contributed by atoms with van der Waals surface area (Å²) in [7, 11) is 1.58.